The maximum atomic E-state index is 11.4. The first kappa shape index (κ1) is 7.91. The smallest absolute Gasteiger partial charge is 0.277 e. The van der Waals surface area contributed by atoms with Crippen molar-refractivity contribution in [2.75, 3.05) is 0 Å². The van der Waals surface area contributed by atoms with Crippen LogP contribution in [0.4, 0.5) is 0 Å². The predicted octanol–water partition coefficient (Wildman–Crippen LogP) is 0.880. The highest BCUT2D eigenvalue weighted by atomic mass is 16.1. The largest absolute Gasteiger partial charge is 0.309 e. The normalized spacial score (nSPS) is 10.5. The van der Waals surface area contributed by atoms with E-state index in [1.54, 1.807) is 18.3 Å². The molecule has 0 amide bonds. The number of nitrogens with one attached hydrogen (secondary N) is 1. The van der Waals surface area contributed by atoms with Crippen molar-refractivity contribution in [2.45, 2.75) is 13.3 Å². The molecule has 0 spiro atoms. The van der Waals surface area contributed by atoms with Gasteiger partial charge < -0.3 is 4.98 Å². The summed E-state index contributed by atoms with van der Waals surface area (Å²) in [6.45, 7) is 1.94. The summed E-state index contributed by atoms with van der Waals surface area (Å²) >= 11 is 0. The molecule has 0 bridgehead atoms. The monoisotopic (exact) mass is 175 g/mol. The minimum absolute atomic E-state index is 0.164. The van der Waals surface area contributed by atoms with Crippen LogP contribution in [0.15, 0.2) is 23.1 Å². The van der Waals surface area contributed by atoms with E-state index < -0.39 is 0 Å². The zero-order valence-electron chi connectivity index (χ0n) is 7.24. The highest BCUT2D eigenvalue weighted by molar-refractivity contribution is 5.72. The minimum atomic E-state index is -0.164. The van der Waals surface area contributed by atoms with Crippen molar-refractivity contribution in [1.82, 2.24) is 15.0 Å². The summed E-state index contributed by atoms with van der Waals surface area (Å²) in [4.78, 5) is 22.3. The standard InChI is InChI=1S/C9H9N3O/c1-2-7-11-6-4-3-5-10-8(6)9(13)12-7/h3-5H,2H2,1H3,(H,11,12,13). The predicted molar refractivity (Wildman–Crippen MR) is 49.5 cm³/mol. The Morgan fingerprint density at radius 3 is 3.15 bits per heavy atom. The fourth-order valence-electron chi connectivity index (χ4n) is 1.19. The molecule has 2 aromatic rings. The van der Waals surface area contributed by atoms with Crippen LogP contribution in [0.3, 0.4) is 0 Å². The lowest BCUT2D eigenvalue weighted by Gasteiger charge is -1.97. The summed E-state index contributed by atoms with van der Waals surface area (Å²) in [5.74, 6) is 0.700. The van der Waals surface area contributed by atoms with Gasteiger partial charge in [0.2, 0.25) is 0 Å². The van der Waals surface area contributed by atoms with E-state index in [4.69, 9.17) is 0 Å². The van der Waals surface area contributed by atoms with Crippen LogP contribution in [0.2, 0.25) is 0 Å². The average Bonchev–Trinajstić information content (AvgIpc) is 2.18. The van der Waals surface area contributed by atoms with Crippen LogP contribution in [-0.2, 0) is 6.42 Å². The molecule has 0 saturated heterocycles. The van der Waals surface area contributed by atoms with Crippen LogP contribution in [-0.4, -0.2) is 15.0 Å². The SMILES string of the molecule is CCc1nc2cccnc2c(=O)[nH]1. The molecular weight excluding hydrogens is 166 g/mol. The number of rotatable bonds is 1. The second-order valence-corrected chi connectivity index (χ2v) is 2.74. The first-order chi connectivity index (χ1) is 6.31. The summed E-state index contributed by atoms with van der Waals surface area (Å²) in [6.07, 6.45) is 2.31. The highest BCUT2D eigenvalue weighted by Gasteiger charge is 2.01. The van der Waals surface area contributed by atoms with E-state index in [2.05, 4.69) is 15.0 Å². The minimum Gasteiger partial charge on any atom is -0.309 e. The van der Waals surface area contributed by atoms with Gasteiger partial charge in [-0.25, -0.2) is 9.97 Å². The van der Waals surface area contributed by atoms with Gasteiger partial charge in [0.25, 0.3) is 5.56 Å². The number of hydrogen-bond acceptors (Lipinski definition) is 3. The van der Waals surface area contributed by atoms with Gasteiger partial charge in [0.15, 0.2) is 5.52 Å². The molecule has 0 saturated carbocycles. The number of aromatic nitrogens is 3. The van der Waals surface area contributed by atoms with Crippen molar-refractivity contribution in [3.8, 4) is 0 Å². The topological polar surface area (TPSA) is 58.6 Å². The lowest BCUT2D eigenvalue weighted by atomic mass is 10.3. The summed E-state index contributed by atoms with van der Waals surface area (Å²) in [5, 5.41) is 0. The summed E-state index contributed by atoms with van der Waals surface area (Å²) in [7, 11) is 0. The molecular formula is C9H9N3O. The Balaban J connectivity index is 2.85. The molecule has 0 radical (unpaired) electrons. The van der Waals surface area contributed by atoms with Crippen LogP contribution in [0.1, 0.15) is 12.7 Å². The van der Waals surface area contributed by atoms with Crippen molar-refractivity contribution in [1.29, 1.82) is 0 Å². The second kappa shape index (κ2) is 2.97. The Hall–Kier alpha value is -1.71. The van der Waals surface area contributed by atoms with Gasteiger partial charge >= 0.3 is 0 Å². The molecule has 2 aromatic heterocycles. The Kier molecular flexibility index (Phi) is 1.81. The third-order valence-corrected chi connectivity index (χ3v) is 1.85. The molecule has 0 aliphatic carbocycles. The molecule has 1 N–H and O–H groups in total. The lowest BCUT2D eigenvalue weighted by Crippen LogP contribution is -2.12. The van der Waals surface area contributed by atoms with Gasteiger partial charge in [-0.15, -0.1) is 0 Å². The molecule has 2 heterocycles. The number of aromatic amines is 1. The van der Waals surface area contributed by atoms with Crippen LogP contribution >= 0.6 is 0 Å². The van der Waals surface area contributed by atoms with Crippen LogP contribution in [0, 0.1) is 0 Å². The first-order valence-electron chi connectivity index (χ1n) is 4.15. The fourth-order valence-corrected chi connectivity index (χ4v) is 1.19. The lowest BCUT2D eigenvalue weighted by molar-refractivity contribution is 0.940. The van der Waals surface area contributed by atoms with E-state index in [9.17, 15) is 4.79 Å². The van der Waals surface area contributed by atoms with E-state index in [1.807, 2.05) is 6.92 Å². The molecule has 0 fully saturated rings. The first-order valence-corrected chi connectivity index (χ1v) is 4.15. The molecule has 66 valence electrons. The second-order valence-electron chi connectivity index (χ2n) is 2.74. The summed E-state index contributed by atoms with van der Waals surface area (Å²) in [6, 6.07) is 3.56. The van der Waals surface area contributed by atoms with Gasteiger partial charge in [0.1, 0.15) is 5.82 Å². The van der Waals surface area contributed by atoms with E-state index in [0.29, 0.717) is 16.9 Å². The maximum Gasteiger partial charge on any atom is 0.277 e. The molecule has 2 rings (SSSR count). The maximum absolute atomic E-state index is 11.4. The van der Waals surface area contributed by atoms with Crippen LogP contribution in [0.25, 0.3) is 11.0 Å². The number of nitrogens with zero attached hydrogens (tertiary/aromatic N) is 2. The van der Waals surface area contributed by atoms with Crippen molar-refractivity contribution in [2.24, 2.45) is 0 Å². The van der Waals surface area contributed by atoms with Crippen molar-refractivity contribution < 1.29 is 0 Å². The van der Waals surface area contributed by atoms with E-state index >= 15 is 0 Å². The number of fused-ring (bicyclic) bond motifs is 1. The number of H-pyrrole nitrogens is 1. The third-order valence-electron chi connectivity index (χ3n) is 1.85. The zero-order chi connectivity index (χ0) is 9.26. The van der Waals surface area contributed by atoms with Gasteiger partial charge in [-0.3, -0.25) is 4.79 Å². The molecule has 0 aliphatic heterocycles. The van der Waals surface area contributed by atoms with Crippen molar-refractivity contribution in [3.05, 3.63) is 34.5 Å². The molecule has 0 aliphatic rings. The summed E-state index contributed by atoms with van der Waals surface area (Å²) in [5.41, 5.74) is 0.894. The third kappa shape index (κ3) is 1.30. The fraction of sp³-hybridized carbons (Fsp3) is 0.222. The Morgan fingerprint density at radius 1 is 1.54 bits per heavy atom. The summed E-state index contributed by atoms with van der Waals surface area (Å²) < 4.78 is 0. The van der Waals surface area contributed by atoms with E-state index in [1.165, 1.54) is 0 Å². The zero-order valence-corrected chi connectivity index (χ0v) is 7.24. The van der Waals surface area contributed by atoms with Crippen molar-refractivity contribution >= 4 is 11.0 Å². The number of pyridine rings is 1. The molecule has 0 atom stereocenters. The average molecular weight is 175 g/mol. The highest BCUT2D eigenvalue weighted by Crippen LogP contribution is 2.01. The van der Waals surface area contributed by atoms with Gasteiger partial charge in [-0.2, -0.15) is 0 Å². The molecule has 4 heteroatoms. The number of hydrogen-bond donors (Lipinski definition) is 1. The Bertz CT molecular complexity index is 489. The Morgan fingerprint density at radius 2 is 2.38 bits per heavy atom. The van der Waals surface area contributed by atoms with E-state index in [0.717, 1.165) is 6.42 Å². The van der Waals surface area contributed by atoms with Gasteiger partial charge in [-0.05, 0) is 12.1 Å². The van der Waals surface area contributed by atoms with Gasteiger partial charge in [0.05, 0.1) is 5.52 Å². The number of aryl methyl sites for hydroxylation is 1. The van der Waals surface area contributed by atoms with Crippen LogP contribution in [0.5, 0.6) is 0 Å². The molecule has 0 aromatic carbocycles. The van der Waals surface area contributed by atoms with E-state index in [-0.39, 0.29) is 5.56 Å². The van der Waals surface area contributed by atoms with Crippen molar-refractivity contribution in [3.63, 3.8) is 0 Å². The van der Waals surface area contributed by atoms with Crippen LogP contribution < -0.4 is 5.56 Å². The molecule has 0 unspecified atom stereocenters. The molecule has 4 nitrogen and oxygen atoms in total. The molecule has 13 heavy (non-hydrogen) atoms. The van der Waals surface area contributed by atoms with Gasteiger partial charge in [0, 0.05) is 12.6 Å². The van der Waals surface area contributed by atoms with Gasteiger partial charge in [-0.1, -0.05) is 6.92 Å². The Labute approximate surface area is 74.7 Å². The quantitative estimate of drug-likeness (QED) is 0.699.